The minimum absolute atomic E-state index is 0.0341. The molecule has 5 nitrogen and oxygen atoms in total. The smallest absolute Gasteiger partial charge is 0.307 e. The number of aromatic nitrogens is 2. The maximum Gasteiger partial charge on any atom is 0.307 e. The van der Waals surface area contributed by atoms with Gasteiger partial charge in [0.05, 0.1) is 15.6 Å². The van der Waals surface area contributed by atoms with E-state index in [1.54, 1.807) is 13.0 Å². The molecule has 0 aromatic carbocycles. The zero-order valence-corrected chi connectivity index (χ0v) is 16.2. The van der Waals surface area contributed by atoms with Crippen molar-refractivity contribution in [2.75, 3.05) is 5.32 Å². The molecule has 0 bridgehead atoms. The Balaban J connectivity index is 1.82. The molecule has 7 heteroatoms. The average Bonchev–Trinajstić information content (AvgIpc) is 3.33. The van der Waals surface area contributed by atoms with Gasteiger partial charge in [-0.25, -0.2) is 9.97 Å². The van der Waals surface area contributed by atoms with E-state index in [9.17, 15) is 4.79 Å². The van der Waals surface area contributed by atoms with E-state index in [2.05, 4.69) is 10.3 Å². The van der Waals surface area contributed by atoms with Crippen molar-refractivity contribution in [2.24, 2.45) is 0 Å². The molecular formula is C19H20ClN3O2S. The summed E-state index contributed by atoms with van der Waals surface area (Å²) in [5.74, 6) is 1.09. The molecule has 2 heterocycles. The van der Waals surface area contributed by atoms with E-state index in [1.165, 1.54) is 11.3 Å². The molecule has 0 aliphatic heterocycles. The zero-order valence-electron chi connectivity index (χ0n) is 14.6. The zero-order chi connectivity index (χ0) is 18.7. The van der Waals surface area contributed by atoms with E-state index in [-0.39, 0.29) is 6.42 Å². The molecule has 3 rings (SSSR count). The summed E-state index contributed by atoms with van der Waals surface area (Å²) >= 11 is 7.51. The van der Waals surface area contributed by atoms with Gasteiger partial charge < -0.3 is 10.4 Å². The number of aliphatic carboxylic acids is 1. The van der Waals surface area contributed by atoms with Gasteiger partial charge in [0.1, 0.15) is 5.82 Å². The van der Waals surface area contributed by atoms with Gasteiger partial charge in [-0.3, -0.25) is 4.79 Å². The van der Waals surface area contributed by atoms with Crippen LogP contribution in [-0.2, 0) is 4.79 Å². The third-order valence-corrected chi connectivity index (χ3v) is 5.14. The number of halogens is 1. The first-order chi connectivity index (χ1) is 12.4. The Labute approximate surface area is 161 Å². The second-order valence-corrected chi connectivity index (χ2v) is 8.15. The second kappa shape index (κ2) is 8.01. The Morgan fingerprint density at radius 2 is 2.12 bits per heavy atom. The molecule has 1 aliphatic rings. The standard InChI is InChI=1S/C19H20ClN3O2S/c1-11(9-18(24)25)3-4-12(2)21-17-10-14(13-5-6-13)22-19(23-17)15-7-8-16(20)26-15/h3-4,7-8,10,13H,5-6,9H2,1-2H3,(H,24,25)(H,21,22,23)/b11-3+,12-4+. The van der Waals surface area contributed by atoms with E-state index < -0.39 is 5.97 Å². The summed E-state index contributed by atoms with van der Waals surface area (Å²) in [6.07, 6.45) is 6.02. The first-order valence-corrected chi connectivity index (χ1v) is 9.57. The summed E-state index contributed by atoms with van der Waals surface area (Å²) < 4.78 is 0.713. The van der Waals surface area contributed by atoms with E-state index in [0.717, 1.165) is 40.5 Å². The molecule has 2 aromatic heterocycles. The third-order valence-electron chi connectivity index (χ3n) is 3.91. The molecule has 26 heavy (non-hydrogen) atoms. The lowest BCUT2D eigenvalue weighted by Gasteiger charge is -2.09. The molecule has 0 amide bonds. The lowest BCUT2D eigenvalue weighted by atomic mass is 10.2. The maximum absolute atomic E-state index is 10.7. The summed E-state index contributed by atoms with van der Waals surface area (Å²) in [5.41, 5.74) is 2.71. The number of thiophene rings is 1. The number of nitrogens with one attached hydrogen (secondary N) is 1. The minimum atomic E-state index is -0.832. The lowest BCUT2D eigenvalue weighted by Crippen LogP contribution is -2.02. The molecule has 1 saturated carbocycles. The number of carbonyl (C=O) groups is 1. The van der Waals surface area contributed by atoms with Crippen molar-refractivity contribution < 1.29 is 9.90 Å². The Hall–Kier alpha value is -2.18. The molecule has 1 aliphatic carbocycles. The SMILES string of the molecule is C/C(=C\C=C(/C)Nc1cc(C2CC2)nc(-c2ccc(Cl)s2)n1)CC(=O)O. The number of carboxylic acid groups (broad SMARTS) is 1. The molecule has 2 N–H and O–H groups in total. The van der Waals surface area contributed by atoms with Crippen LogP contribution in [0.3, 0.4) is 0 Å². The number of hydrogen-bond acceptors (Lipinski definition) is 5. The monoisotopic (exact) mass is 389 g/mol. The maximum atomic E-state index is 10.7. The van der Waals surface area contributed by atoms with Gasteiger partial charge in [0.2, 0.25) is 0 Å². The number of allylic oxidation sites excluding steroid dienone is 3. The molecule has 0 spiro atoms. The van der Waals surface area contributed by atoms with Gasteiger partial charge in [-0.15, -0.1) is 11.3 Å². The van der Waals surface area contributed by atoms with Gasteiger partial charge >= 0.3 is 5.97 Å². The number of nitrogens with zero attached hydrogens (tertiary/aromatic N) is 2. The highest BCUT2D eigenvalue weighted by Gasteiger charge is 2.26. The van der Waals surface area contributed by atoms with Crippen LogP contribution in [0.1, 0.15) is 44.7 Å². The Bertz CT molecular complexity index is 885. The van der Waals surface area contributed by atoms with Crippen LogP contribution in [0.4, 0.5) is 5.82 Å². The van der Waals surface area contributed by atoms with Crippen LogP contribution in [0.5, 0.6) is 0 Å². The summed E-state index contributed by atoms with van der Waals surface area (Å²) in [6, 6.07) is 5.77. The van der Waals surface area contributed by atoms with E-state index in [0.29, 0.717) is 16.1 Å². The largest absolute Gasteiger partial charge is 0.481 e. The predicted molar refractivity (Wildman–Crippen MR) is 106 cm³/mol. The lowest BCUT2D eigenvalue weighted by molar-refractivity contribution is -0.136. The highest BCUT2D eigenvalue weighted by Crippen LogP contribution is 2.40. The van der Waals surface area contributed by atoms with Crippen LogP contribution in [0.2, 0.25) is 4.34 Å². The Morgan fingerprint density at radius 3 is 2.73 bits per heavy atom. The fourth-order valence-corrected chi connectivity index (χ4v) is 3.45. The first-order valence-electron chi connectivity index (χ1n) is 8.38. The molecule has 0 unspecified atom stereocenters. The quantitative estimate of drug-likeness (QED) is 0.614. The van der Waals surface area contributed by atoms with Crippen molar-refractivity contribution in [3.8, 4) is 10.7 Å². The molecule has 0 atom stereocenters. The van der Waals surface area contributed by atoms with Gasteiger partial charge in [-0.2, -0.15) is 0 Å². The summed E-state index contributed by atoms with van der Waals surface area (Å²) in [7, 11) is 0. The Morgan fingerprint density at radius 1 is 1.35 bits per heavy atom. The topological polar surface area (TPSA) is 75.1 Å². The highest BCUT2D eigenvalue weighted by molar-refractivity contribution is 7.19. The van der Waals surface area contributed by atoms with Crippen molar-refractivity contribution >= 4 is 34.7 Å². The fourth-order valence-electron chi connectivity index (χ4n) is 2.47. The average molecular weight is 390 g/mol. The molecule has 1 fully saturated rings. The summed E-state index contributed by atoms with van der Waals surface area (Å²) in [5, 5.41) is 12.1. The van der Waals surface area contributed by atoms with Gasteiger partial charge in [-0.1, -0.05) is 23.3 Å². The van der Waals surface area contributed by atoms with Crippen LogP contribution in [0, 0.1) is 0 Å². The van der Waals surface area contributed by atoms with Crippen LogP contribution in [0.25, 0.3) is 10.7 Å². The number of carboxylic acids is 1. The van der Waals surface area contributed by atoms with Crippen LogP contribution in [-0.4, -0.2) is 21.0 Å². The molecule has 0 saturated heterocycles. The minimum Gasteiger partial charge on any atom is -0.481 e. The predicted octanol–water partition coefficient (Wildman–Crippen LogP) is 5.47. The summed E-state index contributed by atoms with van der Waals surface area (Å²) in [4.78, 5) is 21.0. The fraction of sp³-hybridized carbons (Fsp3) is 0.316. The number of rotatable bonds is 7. The van der Waals surface area contributed by atoms with Gasteiger partial charge in [0.25, 0.3) is 0 Å². The van der Waals surface area contributed by atoms with Crippen molar-refractivity contribution in [3.05, 3.63) is 51.7 Å². The third kappa shape index (κ3) is 5.16. The van der Waals surface area contributed by atoms with Crippen molar-refractivity contribution in [1.29, 1.82) is 0 Å². The van der Waals surface area contributed by atoms with E-state index in [4.69, 9.17) is 21.7 Å². The normalized spacial score (nSPS) is 15.2. The van der Waals surface area contributed by atoms with Gasteiger partial charge in [0.15, 0.2) is 5.82 Å². The van der Waals surface area contributed by atoms with Gasteiger partial charge in [-0.05, 0) is 44.9 Å². The van der Waals surface area contributed by atoms with Gasteiger partial charge in [0, 0.05) is 23.4 Å². The second-order valence-electron chi connectivity index (χ2n) is 6.44. The van der Waals surface area contributed by atoms with Crippen LogP contribution in [0.15, 0.2) is 41.6 Å². The number of anilines is 1. The molecule has 0 radical (unpaired) electrons. The molecule has 2 aromatic rings. The van der Waals surface area contributed by atoms with Crippen LogP contribution >= 0.6 is 22.9 Å². The van der Waals surface area contributed by atoms with Crippen molar-refractivity contribution in [1.82, 2.24) is 9.97 Å². The van der Waals surface area contributed by atoms with E-state index >= 15 is 0 Å². The number of hydrogen-bond donors (Lipinski definition) is 2. The van der Waals surface area contributed by atoms with Crippen LogP contribution < -0.4 is 5.32 Å². The summed E-state index contributed by atoms with van der Waals surface area (Å²) in [6.45, 7) is 3.72. The van der Waals surface area contributed by atoms with Crippen molar-refractivity contribution in [2.45, 2.75) is 39.0 Å². The Kier molecular flexibility index (Phi) is 5.74. The van der Waals surface area contributed by atoms with E-state index in [1.807, 2.05) is 31.2 Å². The highest BCUT2D eigenvalue weighted by atomic mass is 35.5. The first kappa shape index (κ1) is 18.6. The molecule has 136 valence electrons. The molecular weight excluding hydrogens is 370 g/mol. The van der Waals surface area contributed by atoms with Crippen molar-refractivity contribution in [3.63, 3.8) is 0 Å².